The summed E-state index contributed by atoms with van der Waals surface area (Å²) in [6.45, 7) is 1.10. The number of benzene rings is 1. The second-order valence-electron chi connectivity index (χ2n) is 4.90. The van der Waals surface area contributed by atoms with Gasteiger partial charge in [0.1, 0.15) is 0 Å². The minimum atomic E-state index is -0.574. The van der Waals surface area contributed by atoms with E-state index in [9.17, 15) is 20.0 Å². The zero-order chi connectivity index (χ0) is 14.7. The Bertz CT molecular complexity index is 535. The number of carbonyl (C=O) groups is 1. The molecule has 1 aliphatic rings. The third-order valence-electron chi connectivity index (χ3n) is 3.40. The van der Waals surface area contributed by atoms with E-state index in [-0.39, 0.29) is 34.7 Å². The SMILES string of the molecule is O=C(c1cc(Cl)cc([N+](=O)[O-])c1)N1CCCC(CO)C1. The lowest BCUT2D eigenvalue weighted by Gasteiger charge is -2.31. The maximum absolute atomic E-state index is 12.4. The lowest BCUT2D eigenvalue weighted by atomic mass is 9.98. The second kappa shape index (κ2) is 6.19. The molecular weight excluding hydrogens is 284 g/mol. The number of rotatable bonds is 3. The van der Waals surface area contributed by atoms with Crippen molar-refractivity contribution < 1.29 is 14.8 Å². The van der Waals surface area contributed by atoms with Gasteiger partial charge in [-0.05, 0) is 24.8 Å². The summed E-state index contributed by atoms with van der Waals surface area (Å²) >= 11 is 5.82. The van der Waals surface area contributed by atoms with Crippen molar-refractivity contribution in [2.75, 3.05) is 19.7 Å². The van der Waals surface area contributed by atoms with Crippen molar-refractivity contribution in [3.63, 3.8) is 0 Å². The molecule has 0 bridgehead atoms. The number of halogens is 1. The predicted octanol–water partition coefficient (Wildman–Crippen LogP) is 2.09. The summed E-state index contributed by atoms with van der Waals surface area (Å²) in [6.07, 6.45) is 1.70. The first-order valence-corrected chi connectivity index (χ1v) is 6.74. The first kappa shape index (κ1) is 14.7. The van der Waals surface area contributed by atoms with Crippen LogP contribution in [0.3, 0.4) is 0 Å². The standard InChI is InChI=1S/C13H15ClN2O4/c14-11-4-10(5-12(6-11)16(19)20)13(18)15-3-1-2-9(7-15)8-17/h4-6,9,17H,1-3,7-8H2. The van der Waals surface area contributed by atoms with E-state index in [4.69, 9.17) is 11.6 Å². The minimum Gasteiger partial charge on any atom is -0.396 e. The first-order valence-electron chi connectivity index (χ1n) is 6.36. The van der Waals surface area contributed by atoms with Gasteiger partial charge in [-0.15, -0.1) is 0 Å². The lowest BCUT2D eigenvalue weighted by Crippen LogP contribution is -2.40. The predicted molar refractivity (Wildman–Crippen MR) is 73.8 cm³/mol. The maximum Gasteiger partial charge on any atom is 0.271 e. The van der Waals surface area contributed by atoms with Crippen molar-refractivity contribution in [3.8, 4) is 0 Å². The number of hydrogen-bond acceptors (Lipinski definition) is 4. The molecule has 0 aromatic heterocycles. The van der Waals surface area contributed by atoms with Crippen LogP contribution >= 0.6 is 11.6 Å². The Morgan fingerprint density at radius 1 is 1.50 bits per heavy atom. The van der Waals surface area contributed by atoms with Gasteiger partial charge in [0.2, 0.25) is 0 Å². The number of amides is 1. The van der Waals surface area contributed by atoms with Gasteiger partial charge in [-0.3, -0.25) is 14.9 Å². The van der Waals surface area contributed by atoms with Crippen LogP contribution in [-0.4, -0.2) is 40.5 Å². The van der Waals surface area contributed by atoms with E-state index in [1.54, 1.807) is 4.90 Å². The number of non-ortho nitro benzene ring substituents is 1. The molecular formula is C13H15ClN2O4. The van der Waals surface area contributed by atoms with E-state index in [0.29, 0.717) is 13.1 Å². The Hall–Kier alpha value is -1.66. The molecule has 1 saturated heterocycles. The third kappa shape index (κ3) is 3.26. The van der Waals surface area contributed by atoms with Gasteiger partial charge in [-0.2, -0.15) is 0 Å². The summed E-state index contributed by atoms with van der Waals surface area (Å²) in [6, 6.07) is 3.88. The van der Waals surface area contributed by atoms with Crippen molar-refractivity contribution >= 4 is 23.2 Å². The number of nitro groups is 1. The monoisotopic (exact) mass is 298 g/mol. The summed E-state index contributed by atoms with van der Waals surface area (Å²) in [5.74, 6) is -0.212. The topological polar surface area (TPSA) is 83.7 Å². The molecule has 1 aromatic carbocycles. The average molecular weight is 299 g/mol. The molecule has 7 heteroatoms. The molecule has 1 N–H and O–H groups in total. The highest BCUT2D eigenvalue weighted by Gasteiger charge is 2.25. The highest BCUT2D eigenvalue weighted by Crippen LogP contribution is 2.24. The van der Waals surface area contributed by atoms with E-state index < -0.39 is 4.92 Å². The Morgan fingerprint density at radius 3 is 2.90 bits per heavy atom. The van der Waals surface area contributed by atoms with Crippen LogP contribution in [0.15, 0.2) is 18.2 Å². The van der Waals surface area contributed by atoms with Crippen LogP contribution in [0.2, 0.25) is 5.02 Å². The van der Waals surface area contributed by atoms with Crippen molar-refractivity contribution in [1.29, 1.82) is 0 Å². The molecule has 108 valence electrons. The fraction of sp³-hybridized carbons (Fsp3) is 0.462. The van der Waals surface area contributed by atoms with Crippen LogP contribution in [0, 0.1) is 16.0 Å². The number of piperidine rings is 1. The Balaban J connectivity index is 2.22. The number of nitro benzene ring substituents is 1. The van der Waals surface area contributed by atoms with E-state index in [2.05, 4.69) is 0 Å². The normalized spacial score (nSPS) is 18.9. The number of carbonyl (C=O) groups excluding carboxylic acids is 1. The summed E-state index contributed by atoms with van der Waals surface area (Å²) in [4.78, 5) is 24.2. The highest BCUT2D eigenvalue weighted by atomic mass is 35.5. The quantitative estimate of drug-likeness (QED) is 0.684. The van der Waals surface area contributed by atoms with Crippen LogP contribution < -0.4 is 0 Å². The van der Waals surface area contributed by atoms with E-state index >= 15 is 0 Å². The van der Waals surface area contributed by atoms with Crippen molar-refractivity contribution in [1.82, 2.24) is 4.90 Å². The summed E-state index contributed by atoms with van der Waals surface area (Å²) in [7, 11) is 0. The van der Waals surface area contributed by atoms with Gasteiger partial charge < -0.3 is 10.0 Å². The molecule has 0 saturated carbocycles. The Morgan fingerprint density at radius 2 is 2.25 bits per heavy atom. The molecule has 20 heavy (non-hydrogen) atoms. The van der Waals surface area contributed by atoms with Crippen molar-refractivity contribution in [3.05, 3.63) is 38.9 Å². The fourth-order valence-corrected chi connectivity index (χ4v) is 2.61. The number of aliphatic hydroxyl groups excluding tert-OH is 1. The van der Waals surface area contributed by atoms with Crippen LogP contribution in [0.1, 0.15) is 23.2 Å². The average Bonchev–Trinajstić information content (AvgIpc) is 2.45. The molecule has 0 aliphatic carbocycles. The van der Waals surface area contributed by atoms with Crippen molar-refractivity contribution in [2.45, 2.75) is 12.8 Å². The fourth-order valence-electron chi connectivity index (χ4n) is 2.38. The molecule has 1 aliphatic heterocycles. The molecule has 1 unspecified atom stereocenters. The summed E-state index contributed by atoms with van der Waals surface area (Å²) in [5.41, 5.74) is 0.0133. The summed E-state index contributed by atoms with van der Waals surface area (Å²) in [5, 5.41) is 20.1. The number of likely N-dealkylation sites (tertiary alicyclic amines) is 1. The lowest BCUT2D eigenvalue weighted by molar-refractivity contribution is -0.384. The molecule has 0 radical (unpaired) electrons. The molecule has 1 aromatic rings. The number of hydrogen-bond donors (Lipinski definition) is 1. The minimum absolute atomic E-state index is 0.0411. The molecule has 1 amide bonds. The zero-order valence-electron chi connectivity index (χ0n) is 10.8. The number of nitrogens with zero attached hydrogens (tertiary/aromatic N) is 2. The van der Waals surface area contributed by atoms with Crippen LogP contribution in [0.4, 0.5) is 5.69 Å². The molecule has 0 spiro atoms. The van der Waals surface area contributed by atoms with Gasteiger partial charge in [0.05, 0.1) is 4.92 Å². The highest BCUT2D eigenvalue weighted by molar-refractivity contribution is 6.31. The van der Waals surface area contributed by atoms with Crippen molar-refractivity contribution in [2.24, 2.45) is 5.92 Å². The Kier molecular flexibility index (Phi) is 4.57. The zero-order valence-corrected chi connectivity index (χ0v) is 11.5. The molecule has 1 atom stereocenters. The van der Waals surface area contributed by atoms with Crippen LogP contribution in [0.25, 0.3) is 0 Å². The maximum atomic E-state index is 12.4. The molecule has 2 rings (SSSR count). The third-order valence-corrected chi connectivity index (χ3v) is 3.62. The van der Waals surface area contributed by atoms with Gasteiger partial charge in [-0.25, -0.2) is 0 Å². The molecule has 1 heterocycles. The van der Waals surface area contributed by atoms with Gasteiger partial charge in [0.25, 0.3) is 11.6 Å². The van der Waals surface area contributed by atoms with E-state index in [1.165, 1.54) is 18.2 Å². The van der Waals surface area contributed by atoms with Gasteiger partial charge in [-0.1, -0.05) is 11.6 Å². The van der Waals surface area contributed by atoms with Gasteiger partial charge >= 0.3 is 0 Å². The van der Waals surface area contributed by atoms with E-state index in [0.717, 1.165) is 12.8 Å². The molecule has 6 nitrogen and oxygen atoms in total. The largest absolute Gasteiger partial charge is 0.396 e. The van der Waals surface area contributed by atoms with Crippen LogP contribution in [0.5, 0.6) is 0 Å². The summed E-state index contributed by atoms with van der Waals surface area (Å²) < 4.78 is 0. The Labute approximate surface area is 121 Å². The smallest absolute Gasteiger partial charge is 0.271 e. The first-order chi connectivity index (χ1) is 9.51. The van der Waals surface area contributed by atoms with Gasteiger partial charge in [0.15, 0.2) is 0 Å². The second-order valence-corrected chi connectivity index (χ2v) is 5.33. The molecule has 1 fully saturated rings. The van der Waals surface area contributed by atoms with E-state index in [1.807, 2.05) is 0 Å². The van der Waals surface area contributed by atoms with Gasteiger partial charge in [0, 0.05) is 42.4 Å². The number of aliphatic hydroxyl groups is 1. The van der Waals surface area contributed by atoms with Crippen LogP contribution in [-0.2, 0) is 0 Å².